The summed E-state index contributed by atoms with van der Waals surface area (Å²) in [5.74, 6) is -0.721. The standard InChI is InChI=1S/C16H27NO3/c1-4-17(12-13(2)3)14(18)10-16(11-15(19)20)8-6-5-7-9-16/h2,4-12H2,1,3H3,(H,19,20). The molecule has 0 aromatic rings. The fourth-order valence-electron chi connectivity index (χ4n) is 3.17. The summed E-state index contributed by atoms with van der Waals surface area (Å²) in [5, 5.41) is 9.15. The summed E-state index contributed by atoms with van der Waals surface area (Å²) < 4.78 is 0. The average molecular weight is 281 g/mol. The Labute approximate surface area is 121 Å². The van der Waals surface area contributed by atoms with Crippen LogP contribution < -0.4 is 0 Å². The quantitative estimate of drug-likeness (QED) is 0.729. The molecule has 0 saturated heterocycles. The molecule has 1 amide bonds. The van der Waals surface area contributed by atoms with E-state index >= 15 is 0 Å². The molecule has 0 heterocycles. The minimum Gasteiger partial charge on any atom is -0.481 e. The van der Waals surface area contributed by atoms with Crippen LogP contribution in [0.4, 0.5) is 0 Å². The molecule has 20 heavy (non-hydrogen) atoms. The van der Waals surface area contributed by atoms with Crippen molar-refractivity contribution in [3.63, 3.8) is 0 Å². The lowest BCUT2D eigenvalue weighted by molar-refractivity contribution is -0.142. The molecule has 4 heteroatoms. The van der Waals surface area contributed by atoms with E-state index in [1.807, 2.05) is 13.8 Å². The van der Waals surface area contributed by atoms with E-state index in [4.69, 9.17) is 5.11 Å². The van der Waals surface area contributed by atoms with E-state index in [9.17, 15) is 9.59 Å². The second kappa shape index (κ2) is 7.46. The van der Waals surface area contributed by atoms with E-state index < -0.39 is 5.97 Å². The molecule has 4 nitrogen and oxygen atoms in total. The number of carbonyl (C=O) groups is 2. The maximum atomic E-state index is 12.5. The minimum absolute atomic E-state index is 0.0682. The van der Waals surface area contributed by atoms with Crippen molar-refractivity contribution in [1.29, 1.82) is 0 Å². The summed E-state index contributed by atoms with van der Waals surface area (Å²) in [5.41, 5.74) is 0.625. The highest BCUT2D eigenvalue weighted by Gasteiger charge is 2.37. The highest BCUT2D eigenvalue weighted by molar-refractivity contribution is 5.78. The van der Waals surface area contributed by atoms with Crippen LogP contribution in [0.1, 0.15) is 58.8 Å². The van der Waals surface area contributed by atoms with Gasteiger partial charge in [-0.05, 0) is 32.1 Å². The second-order valence-electron chi connectivity index (χ2n) is 6.17. The molecule has 1 rings (SSSR count). The second-order valence-corrected chi connectivity index (χ2v) is 6.17. The number of aliphatic carboxylic acids is 1. The van der Waals surface area contributed by atoms with Crippen molar-refractivity contribution in [1.82, 2.24) is 4.90 Å². The Morgan fingerprint density at radius 3 is 2.25 bits per heavy atom. The number of carbonyl (C=O) groups excluding carboxylic acids is 1. The molecule has 0 aromatic carbocycles. The van der Waals surface area contributed by atoms with E-state index in [0.29, 0.717) is 19.5 Å². The Morgan fingerprint density at radius 1 is 1.20 bits per heavy atom. The first-order valence-corrected chi connectivity index (χ1v) is 7.52. The van der Waals surface area contributed by atoms with Gasteiger partial charge < -0.3 is 10.0 Å². The van der Waals surface area contributed by atoms with Gasteiger partial charge in [0.15, 0.2) is 0 Å². The summed E-state index contributed by atoms with van der Waals surface area (Å²) in [7, 11) is 0. The van der Waals surface area contributed by atoms with Gasteiger partial charge >= 0.3 is 5.97 Å². The van der Waals surface area contributed by atoms with Gasteiger partial charge in [-0.15, -0.1) is 0 Å². The first-order valence-electron chi connectivity index (χ1n) is 7.52. The molecule has 0 unspecified atom stereocenters. The lowest BCUT2D eigenvalue weighted by Gasteiger charge is -2.37. The minimum atomic E-state index is -0.789. The molecule has 0 atom stereocenters. The SMILES string of the molecule is C=C(C)CN(CC)C(=O)CC1(CC(=O)O)CCCCC1. The topological polar surface area (TPSA) is 57.6 Å². The Bertz CT molecular complexity index is 370. The fourth-order valence-corrected chi connectivity index (χ4v) is 3.17. The molecule has 1 aliphatic carbocycles. The predicted molar refractivity (Wildman–Crippen MR) is 79.5 cm³/mol. The molecule has 1 aliphatic rings. The summed E-state index contributed by atoms with van der Waals surface area (Å²) >= 11 is 0. The zero-order valence-electron chi connectivity index (χ0n) is 12.8. The molecule has 114 valence electrons. The number of likely N-dealkylation sites (N-methyl/N-ethyl adjacent to an activating group) is 1. The molecule has 0 aliphatic heterocycles. The van der Waals surface area contributed by atoms with Crippen molar-refractivity contribution < 1.29 is 14.7 Å². The van der Waals surface area contributed by atoms with Gasteiger partial charge in [-0.1, -0.05) is 31.4 Å². The Kier molecular flexibility index (Phi) is 6.24. The van der Waals surface area contributed by atoms with E-state index in [0.717, 1.165) is 37.7 Å². The van der Waals surface area contributed by atoms with Gasteiger partial charge in [0.05, 0.1) is 6.42 Å². The third kappa shape index (κ3) is 4.99. The molecule has 0 aromatic heterocycles. The van der Waals surface area contributed by atoms with Crippen LogP contribution in [0.3, 0.4) is 0 Å². The van der Waals surface area contributed by atoms with Crippen LogP contribution in [0.15, 0.2) is 12.2 Å². The van der Waals surface area contributed by atoms with Gasteiger partial charge in [-0.3, -0.25) is 9.59 Å². The van der Waals surface area contributed by atoms with Crippen LogP contribution in [-0.2, 0) is 9.59 Å². The van der Waals surface area contributed by atoms with Crippen LogP contribution in [0.5, 0.6) is 0 Å². The van der Waals surface area contributed by atoms with Crippen molar-refractivity contribution in [3.05, 3.63) is 12.2 Å². The van der Waals surface area contributed by atoms with Crippen LogP contribution in [0.2, 0.25) is 0 Å². The molecular weight excluding hydrogens is 254 g/mol. The summed E-state index contributed by atoms with van der Waals surface area (Å²) in [6.07, 6.45) is 5.41. The van der Waals surface area contributed by atoms with Crippen molar-refractivity contribution in [3.8, 4) is 0 Å². The smallest absolute Gasteiger partial charge is 0.303 e. The number of hydrogen-bond acceptors (Lipinski definition) is 2. The van der Waals surface area contributed by atoms with Gasteiger partial charge in [0.2, 0.25) is 5.91 Å². The Morgan fingerprint density at radius 2 is 1.80 bits per heavy atom. The number of carboxylic acids is 1. The van der Waals surface area contributed by atoms with Gasteiger partial charge in [0, 0.05) is 19.5 Å². The Balaban J connectivity index is 2.75. The van der Waals surface area contributed by atoms with Crippen molar-refractivity contribution in [2.75, 3.05) is 13.1 Å². The lowest BCUT2D eigenvalue weighted by Crippen LogP contribution is -2.38. The van der Waals surface area contributed by atoms with E-state index in [1.54, 1.807) is 4.90 Å². The molecular formula is C16H27NO3. The summed E-state index contributed by atoms with van der Waals surface area (Å²) in [4.78, 5) is 25.4. The van der Waals surface area contributed by atoms with Crippen LogP contribution in [0, 0.1) is 5.41 Å². The lowest BCUT2D eigenvalue weighted by atomic mass is 9.69. The molecule has 0 radical (unpaired) electrons. The van der Waals surface area contributed by atoms with Crippen molar-refractivity contribution in [2.24, 2.45) is 5.41 Å². The molecule has 1 fully saturated rings. The number of carboxylic acid groups (broad SMARTS) is 1. The zero-order valence-corrected chi connectivity index (χ0v) is 12.8. The normalized spacial score (nSPS) is 17.5. The van der Waals surface area contributed by atoms with Gasteiger partial charge in [-0.2, -0.15) is 0 Å². The third-order valence-electron chi connectivity index (χ3n) is 4.16. The maximum Gasteiger partial charge on any atom is 0.303 e. The zero-order chi connectivity index (χ0) is 15.2. The average Bonchev–Trinajstić information content (AvgIpc) is 2.35. The van der Waals surface area contributed by atoms with E-state index in [2.05, 4.69) is 6.58 Å². The highest BCUT2D eigenvalue weighted by Crippen LogP contribution is 2.42. The van der Waals surface area contributed by atoms with E-state index in [1.165, 1.54) is 0 Å². The summed E-state index contributed by atoms with van der Waals surface area (Å²) in [6.45, 7) is 8.92. The molecule has 1 saturated carbocycles. The third-order valence-corrected chi connectivity index (χ3v) is 4.16. The maximum absolute atomic E-state index is 12.5. The van der Waals surface area contributed by atoms with Crippen molar-refractivity contribution >= 4 is 11.9 Å². The van der Waals surface area contributed by atoms with Gasteiger partial charge in [0.1, 0.15) is 0 Å². The first-order chi connectivity index (χ1) is 9.38. The first kappa shape index (κ1) is 16.7. The van der Waals surface area contributed by atoms with Crippen molar-refractivity contribution in [2.45, 2.75) is 58.8 Å². The number of amides is 1. The molecule has 1 N–H and O–H groups in total. The van der Waals surface area contributed by atoms with Crippen LogP contribution >= 0.6 is 0 Å². The Hall–Kier alpha value is -1.32. The monoisotopic (exact) mass is 281 g/mol. The van der Waals surface area contributed by atoms with Gasteiger partial charge in [0.25, 0.3) is 0 Å². The number of hydrogen-bond donors (Lipinski definition) is 1. The van der Waals surface area contributed by atoms with Gasteiger partial charge in [-0.25, -0.2) is 0 Å². The number of rotatable bonds is 7. The largest absolute Gasteiger partial charge is 0.481 e. The number of nitrogens with zero attached hydrogens (tertiary/aromatic N) is 1. The fraction of sp³-hybridized carbons (Fsp3) is 0.750. The van der Waals surface area contributed by atoms with Crippen LogP contribution in [-0.4, -0.2) is 35.0 Å². The predicted octanol–water partition coefficient (Wildman–Crippen LogP) is 3.23. The summed E-state index contributed by atoms with van der Waals surface area (Å²) in [6, 6.07) is 0. The molecule has 0 bridgehead atoms. The van der Waals surface area contributed by atoms with Crippen LogP contribution in [0.25, 0.3) is 0 Å². The molecule has 0 spiro atoms. The highest BCUT2D eigenvalue weighted by atomic mass is 16.4. The van der Waals surface area contributed by atoms with E-state index in [-0.39, 0.29) is 17.7 Å².